The van der Waals surface area contributed by atoms with Gasteiger partial charge in [0.1, 0.15) is 11.5 Å². The number of para-hydroxylation sites is 2. The maximum absolute atomic E-state index is 8.07. The third-order valence-electron chi connectivity index (χ3n) is 3.66. The van der Waals surface area contributed by atoms with Crippen LogP contribution < -0.4 is 4.74 Å². The number of hydrogen-bond acceptors (Lipinski definition) is 2. The van der Waals surface area contributed by atoms with E-state index in [1.165, 1.54) is 11.1 Å². The molecule has 0 unspecified atom stereocenters. The summed E-state index contributed by atoms with van der Waals surface area (Å²) in [5, 5.41) is 8.07. The van der Waals surface area contributed by atoms with Crippen molar-refractivity contribution in [2.24, 2.45) is 0 Å². The Morgan fingerprint density at radius 2 is 1.04 bits per heavy atom. The molecule has 0 radical (unpaired) electrons. The first-order valence-electron chi connectivity index (χ1n) is 9.08. The highest BCUT2D eigenvalue weighted by Crippen LogP contribution is 2.19. The van der Waals surface area contributed by atoms with Crippen LogP contribution in [0.4, 0.5) is 0 Å². The van der Waals surface area contributed by atoms with Gasteiger partial charge in [-0.3, -0.25) is 0 Å². The molecule has 0 aliphatic rings. The number of hydrogen-bond donors (Lipinski definition) is 1. The normalized spacial score (nSPS) is 9.23. The van der Waals surface area contributed by atoms with Crippen LogP contribution in [0.15, 0.2) is 84.9 Å². The second-order valence-electron chi connectivity index (χ2n) is 5.89. The second-order valence-corrected chi connectivity index (χ2v) is 5.89. The van der Waals surface area contributed by atoms with E-state index >= 15 is 0 Å². The van der Waals surface area contributed by atoms with Crippen molar-refractivity contribution >= 4 is 0 Å². The van der Waals surface area contributed by atoms with E-state index in [-0.39, 0.29) is 0 Å². The van der Waals surface area contributed by atoms with Crippen LogP contribution >= 0.6 is 0 Å². The first-order chi connectivity index (χ1) is 12.7. The van der Waals surface area contributed by atoms with Crippen LogP contribution in [0, 0.1) is 13.8 Å². The molecule has 1 N–H and O–H groups in total. The summed E-state index contributed by atoms with van der Waals surface area (Å²) in [5.41, 5.74) is 2.74. The van der Waals surface area contributed by atoms with Crippen molar-refractivity contribution in [1.29, 1.82) is 0 Å². The Morgan fingerprint density at radius 1 is 0.654 bits per heavy atom. The molecule has 0 aliphatic carbocycles. The van der Waals surface area contributed by atoms with E-state index in [2.05, 4.69) is 45.0 Å². The average Bonchev–Trinajstić information content (AvgIpc) is 2.68. The van der Waals surface area contributed by atoms with E-state index in [9.17, 15) is 0 Å². The summed E-state index contributed by atoms with van der Waals surface area (Å²) in [6, 6.07) is 27.9. The fraction of sp³-hybridized carbons (Fsp3) is 0.250. The Labute approximate surface area is 158 Å². The fourth-order valence-corrected chi connectivity index (χ4v) is 1.93. The SMILES string of the molecule is CCCCO.Cc1ccccc1C.c1ccc(Oc2ccccc2)cc1. The first-order valence-corrected chi connectivity index (χ1v) is 9.08. The lowest BCUT2D eigenvalue weighted by Crippen LogP contribution is -1.81. The molecule has 3 aromatic rings. The minimum Gasteiger partial charge on any atom is -0.457 e. The van der Waals surface area contributed by atoms with Gasteiger partial charge in [-0.2, -0.15) is 0 Å². The zero-order chi connectivity index (χ0) is 19.0. The lowest BCUT2D eigenvalue weighted by molar-refractivity contribution is 0.287. The lowest BCUT2D eigenvalue weighted by atomic mass is 10.1. The van der Waals surface area contributed by atoms with Crippen LogP contribution in [0.5, 0.6) is 11.5 Å². The monoisotopic (exact) mass is 350 g/mol. The van der Waals surface area contributed by atoms with Crippen LogP contribution in [0.25, 0.3) is 0 Å². The van der Waals surface area contributed by atoms with Crippen LogP contribution in [0.2, 0.25) is 0 Å². The molecule has 0 aromatic heterocycles. The van der Waals surface area contributed by atoms with Gasteiger partial charge in [-0.1, -0.05) is 74.0 Å². The van der Waals surface area contributed by atoms with Crippen molar-refractivity contribution in [3.8, 4) is 11.5 Å². The highest BCUT2D eigenvalue weighted by Gasteiger charge is 1.92. The molecule has 3 aromatic carbocycles. The number of aryl methyl sites for hydroxylation is 2. The average molecular weight is 351 g/mol. The van der Waals surface area contributed by atoms with Crippen LogP contribution in [0.1, 0.15) is 30.9 Å². The van der Waals surface area contributed by atoms with Crippen LogP contribution in [-0.2, 0) is 0 Å². The van der Waals surface area contributed by atoms with Gasteiger partial charge in [0, 0.05) is 6.61 Å². The summed E-state index contributed by atoms with van der Waals surface area (Å²) in [4.78, 5) is 0. The van der Waals surface area contributed by atoms with Gasteiger partial charge in [0.25, 0.3) is 0 Å². The summed E-state index contributed by atoms with van der Waals surface area (Å²) in [6.07, 6.45) is 2.04. The van der Waals surface area contributed by atoms with Crippen molar-refractivity contribution < 1.29 is 9.84 Å². The smallest absolute Gasteiger partial charge is 0.127 e. The molecule has 0 amide bonds. The third kappa shape index (κ3) is 9.65. The van der Waals surface area contributed by atoms with Crippen molar-refractivity contribution in [3.63, 3.8) is 0 Å². The summed E-state index contributed by atoms with van der Waals surface area (Å²) in [7, 11) is 0. The van der Waals surface area contributed by atoms with E-state index in [4.69, 9.17) is 9.84 Å². The molecule has 2 nitrogen and oxygen atoms in total. The zero-order valence-electron chi connectivity index (χ0n) is 16.1. The summed E-state index contributed by atoms with van der Waals surface area (Å²) in [6.45, 7) is 6.64. The molecule has 0 aliphatic heterocycles. The number of aliphatic hydroxyl groups excluding tert-OH is 1. The predicted octanol–water partition coefficient (Wildman–Crippen LogP) is 6.56. The van der Waals surface area contributed by atoms with Crippen LogP contribution in [0.3, 0.4) is 0 Å². The van der Waals surface area contributed by atoms with E-state index < -0.39 is 0 Å². The molecule has 138 valence electrons. The Bertz CT molecular complexity index is 633. The predicted molar refractivity (Wildman–Crippen MR) is 111 cm³/mol. The Balaban J connectivity index is 0.000000223. The van der Waals surface area contributed by atoms with Crippen LogP contribution in [-0.4, -0.2) is 11.7 Å². The van der Waals surface area contributed by atoms with E-state index in [0.29, 0.717) is 6.61 Å². The molecule has 0 fully saturated rings. The topological polar surface area (TPSA) is 29.5 Å². The molecule has 0 atom stereocenters. The number of aliphatic hydroxyl groups is 1. The van der Waals surface area contributed by atoms with Gasteiger partial charge >= 0.3 is 0 Å². The highest BCUT2D eigenvalue weighted by molar-refractivity contribution is 5.30. The van der Waals surface area contributed by atoms with Crippen molar-refractivity contribution in [3.05, 3.63) is 96.1 Å². The summed E-state index contributed by atoms with van der Waals surface area (Å²) < 4.78 is 5.58. The maximum atomic E-state index is 8.07. The Kier molecular flexibility index (Phi) is 11.3. The third-order valence-corrected chi connectivity index (χ3v) is 3.66. The van der Waals surface area contributed by atoms with E-state index in [0.717, 1.165) is 24.3 Å². The molecule has 3 rings (SSSR count). The van der Waals surface area contributed by atoms with Gasteiger partial charge in [0.2, 0.25) is 0 Å². The molecular formula is C24H30O2. The molecule has 0 bridgehead atoms. The quantitative estimate of drug-likeness (QED) is 0.577. The molecule has 0 heterocycles. The fourth-order valence-electron chi connectivity index (χ4n) is 1.93. The highest BCUT2D eigenvalue weighted by atomic mass is 16.5. The van der Waals surface area contributed by atoms with E-state index in [1.807, 2.05) is 60.7 Å². The summed E-state index contributed by atoms with van der Waals surface area (Å²) in [5.74, 6) is 1.74. The Hall–Kier alpha value is -2.58. The van der Waals surface area contributed by atoms with Crippen molar-refractivity contribution in [2.45, 2.75) is 33.6 Å². The number of benzene rings is 3. The molecule has 0 saturated heterocycles. The van der Waals surface area contributed by atoms with Gasteiger partial charge in [-0.15, -0.1) is 0 Å². The molecule has 0 spiro atoms. The zero-order valence-corrected chi connectivity index (χ0v) is 16.1. The maximum Gasteiger partial charge on any atom is 0.127 e. The van der Waals surface area contributed by atoms with Crippen molar-refractivity contribution in [1.82, 2.24) is 0 Å². The van der Waals surface area contributed by atoms with Gasteiger partial charge in [-0.05, 0) is 55.7 Å². The molecular weight excluding hydrogens is 320 g/mol. The van der Waals surface area contributed by atoms with Gasteiger partial charge in [0.15, 0.2) is 0 Å². The largest absolute Gasteiger partial charge is 0.457 e. The van der Waals surface area contributed by atoms with Gasteiger partial charge in [-0.25, -0.2) is 0 Å². The number of ether oxygens (including phenoxy) is 1. The second kappa shape index (κ2) is 13.7. The first kappa shape index (κ1) is 21.5. The van der Waals surface area contributed by atoms with Gasteiger partial charge in [0.05, 0.1) is 0 Å². The minimum atomic E-state index is 0.344. The lowest BCUT2D eigenvalue weighted by Gasteiger charge is -2.03. The Morgan fingerprint density at radius 3 is 1.31 bits per heavy atom. The standard InChI is InChI=1S/C12H10O.C8H10.C4H10O/c1-3-7-11(8-4-1)13-12-9-5-2-6-10-12;1-7-5-3-4-6-8(7)2;1-2-3-4-5/h1-10H;3-6H,1-2H3;5H,2-4H2,1H3. The van der Waals surface area contributed by atoms with E-state index in [1.54, 1.807) is 0 Å². The molecule has 26 heavy (non-hydrogen) atoms. The minimum absolute atomic E-state index is 0.344. The number of unbranched alkanes of at least 4 members (excludes halogenated alkanes) is 1. The summed E-state index contributed by atoms with van der Waals surface area (Å²) >= 11 is 0. The molecule has 2 heteroatoms. The molecule has 0 saturated carbocycles. The number of rotatable bonds is 4. The van der Waals surface area contributed by atoms with Gasteiger partial charge < -0.3 is 9.84 Å². The van der Waals surface area contributed by atoms with Crippen molar-refractivity contribution in [2.75, 3.05) is 6.61 Å².